The highest BCUT2D eigenvalue weighted by Crippen LogP contribution is 2.32. The van der Waals surface area contributed by atoms with E-state index in [1.54, 1.807) is 19.0 Å². The summed E-state index contributed by atoms with van der Waals surface area (Å²) >= 11 is 0. The van der Waals surface area contributed by atoms with Gasteiger partial charge in [-0.15, -0.1) is 0 Å². The van der Waals surface area contributed by atoms with Crippen LogP contribution in [-0.2, 0) is 5.54 Å². The monoisotopic (exact) mass is 282 g/mol. The zero-order valence-corrected chi connectivity index (χ0v) is 13.1. The quantitative estimate of drug-likeness (QED) is 0.939. The number of hydrogen-bond donors (Lipinski definition) is 1. The summed E-state index contributed by atoms with van der Waals surface area (Å²) in [7, 11) is 3.52. The molecule has 0 fully saturated rings. The first-order valence-corrected chi connectivity index (χ1v) is 7.02. The molecular formula is C18H22N2O. The Morgan fingerprint density at radius 1 is 0.952 bits per heavy atom. The normalized spacial score (nSPS) is 11.3. The summed E-state index contributed by atoms with van der Waals surface area (Å²) in [5.41, 5.74) is 9.47. The molecule has 0 saturated carbocycles. The SMILES string of the molecule is CN(C)C(=O)c1ccccc1-c1ccccc1C(C)(C)N. The molecule has 2 aromatic carbocycles. The van der Waals surface area contributed by atoms with Crippen LogP contribution in [0.5, 0.6) is 0 Å². The molecule has 0 aliphatic rings. The molecule has 3 nitrogen and oxygen atoms in total. The highest BCUT2D eigenvalue weighted by molar-refractivity contribution is 6.01. The van der Waals surface area contributed by atoms with E-state index in [-0.39, 0.29) is 5.91 Å². The van der Waals surface area contributed by atoms with Gasteiger partial charge in [-0.1, -0.05) is 42.5 Å². The van der Waals surface area contributed by atoms with Crippen LogP contribution in [0.25, 0.3) is 11.1 Å². The Bertz CT molecular complexity index is 654. The van der Waals surface area contributed by atoms with Crippen molar-refractivity contribution in [2.24, 2.45) is 5.73 Å². The Kier molecular flexibility index (Phi) is 4.14. The third kappa shape index (κ3) is 3.14. The third-order valence-electron chi connectivity index (χ3n) is 3.48. The smallest absolute Gasteiger partial charge is 0.253 e. The van der Waals surface area contributed by atoms with Crippen LogP contribution in [0.2, 0.25) is 0 Å². The van der Waals surface area contributed by atoms with Gasteiger partial charge in [0, 0.05) is 25.2 Å². The number of benzene rings is 2. The lowest BCUT2D eigenvalue weighted by Crippen LogP contribution is -2.29. The Morgan fingerprint density at radius 3 is 2.05 bits per heavy atom. The molecule has 2 aromatic rings. The maximum atomic E-state index is 12.4. The van der Waals surface area contributed by atoms with Gasteiger partial charge in [0.2, 0.25) is 0 Å². The van der Waals surface area contributed by atoms with Gasteiger partial charge in [0.1, 0.15) is 0 Å². The number of rotatable bonds is 3. The van der Waals surface area contributed by atoms with Crippen molar-refractivity contribution in [1.29, 1.82) is 0 Å². The number of hydrogen-bond acceptors (Lipinski definition) is 2. The molecule has 1 amide bonds. The molecule has 0 radical (unpaired) electrons. The van der Waals surface area contributed by atoms with E-state index in [0.29, 0.717) is 5.56 Å². The summed E-state index contributed by atoms with van der Waals surface area (Å²) in [5, 5.41) is 0. The summed E-state index contributed by atoms with van der Waals surface area (Å²) in [4.78, 5) is 14.0. The fraction of sp³-hybridized carbons (Fsp3) is 0.278. The average Bonchev–Trinajstić information content (AvgIpc) is 2.45. The number of carbonyl (C=O) groups is 1. The molecule has 2 N–H and O–H groups in total. The molecule has 0 saturated heterocycles. The van der Waals surface area contributed by atoms with Gasteiger partial charge >= 0.3 is 0 Å². The second kappa shape index (κ2) is 5.70. The minimum atomic E-state index is -0.467. The lowest BCUT2D eigenvalue weighted by atomic mass is 9.86. The highest BCUT2D eigenvalue weighted by Gasteiger charge is 2.21. The van der Waals surface area contributed by atoms with Crippen molar-refractivity contribution in [1.82, 2.24) is 4.90 Å². The number of carbonyl (C=O) groups excluding carboxylic acids is 1. The van der Waals surface area contributed by atoms with Crippen molar-refractivity contribution in [3.8, 4) is 11.1 Å². The van der Waals surface area contributed by atoms with Crippen molar-refractivity contribution in [2.75, 3.05) is 14.1 Å². The van der Waals surface area contributed by atoms with Crippen molar-refractivity contribution in [3.05, 3.63) is 59.7 Å². The lowest BCUT2D eigenvalue weighted by molar-refractivity contribution is 0.0828. The summed E-state index contributed by atoms with van der Waals surface area (Å²) in [6, 6.07) is 15.7. The van der Waals surface area contributed by atoms with Crippen LogP contribution in [0.1, 0.15) is 29.8 Å². The van der Waals surface area contributed by atoms with E-state index in [1.165, 1.54) is 0 Å². The van der Waals surface area contributed by atoms with E-state index in [2.05, 4.69) is 0 Å². The molecule has 0 atom stereocenters. The Labute approximate surface area is 126 Å². The zero-order valence-electron chi connectivity index (χ0n) is 13.1. The van der Waals surface area contributed by atoms with Crippen molar-refractivity contribution in [3.63, 3.8) is 0 Å². The maximum Gasteiger partial charge on any atom is 0.253 e. The first-order valence-electron chi connectivity index (χ1n) is 7.02. The summed E-state index contributed by atoms with van der Waals surface area (Å²) in [6.07, 6.45) is 0. The molecule has 0 bridgehead atoms. The summed E-state index contributed by atoms with van der Waals surface area (Å²) < 4.78 is 0. The molecule has 21 heavy (non-hydrogen) atoms. The van der Waals surface area contributed by atoms with E-state index < -0.39 is 5.54 Å². The highest BCUT2D eigenvalue weighted by atomic mass is 16.2. The van der Waals surface area contributed by atoms with Crippen molar-refractivity contribution < 1.29 is 4.79 Å². The van der Waals surface area contributed by atoms with Gasteiger partial charge in [0.15, 0.2) is 0 Å². The molecule has 0 unspecified atom stereocenters. The molecular weight excluding hydrogens is 260 g/mol. The molecule has 0 aliphatic heterocycles. The number of nitrogens with zero attached hydrogens (tertiary/aromatic N) is 1. The molecule has 0 spiro atoms. The van der Waals surface area contributed by atoms with E-state index in [0.717, 1.165) is 16.7 Å². The van der Waals surface area contributed by atoms with Crippen molar-refractivity contribution in [2.45, 2.75) is 19.4 Å². The second-order valence-corrected chi connectivity index (χ2v) is 6.01. The minimum Gasteiger partial charge on any atom is -0.345 e. The zero-order chi connectivity index (χ0) is 15.6. The van der Waals surface area contributed by atoms with Gasteiger partial charge in [0.05, 0.1) is 0 Å². The fourth-order valence-electron chi connectivity index (χ4n) is 2.43. The molecule has 2 rings (SSSR count). The lowest BCUT2D eigenvalue weighted by Gasteiger charge is -2.24. The number of nitrogens with two attached hydrogens (primary N) is 1. The van der Waals surface area contributed by atoms with Crippen LogP contribution >= 0.6 is 0 Å². The van der Waals surface area contributed by atoms with Crippen LogP contribution in [0, 0.1) is 0 Å². The van der Waals surface area contributed by atoms with E-state index in [4.69, 9.17) is 5.73 Å². The van der Waals surface area contributed by atoms with E-state index in [9.17, 15) is 4.79 Å². The Balaban J connectivity index is 2.67. The first-order chi connectivity index (χ1) is 9.82. The van der Waals surface area contributed by atoms with Crippen LogP contribution in [-0.4, -0.2) is 24.9 Å². The minimum absolute atomic E-state index is 0.00442. The van der Waals surface area contributed by atoms with Crippen molar-refractivity contribution >= 4 is 5.91 Å². The van der Waals surface area contributed by atoms with Gasteiger partial charge in [-0.25, -0.2) is 0 Å². The van der Waals surface area contributed by atoms with Gasteiger partial charge in [-0.3, -0.25) is 4.79 Å². The summed E-state index contributed by atoms with van der Waals surface area (Å²) in [5.74, 6) is -0.00442. The van der Waals surface area contributed by atoms with E-state index in [1.807, 2.05) is 62.4 Å². The predicted octanol–water partition coefficient (Wildman–Crippen LogP) is 3.25. The molecule has 0 heterocycles. The van der Waals surface area contributed by atoms with Crippen LogP contribution in [0.15, 0.2) is 48.5 Å². The topological polar surface area (TPSA) is 46.3 Å². The molecule has 110 valence electrons. The van der Waals surface area contributed by atoms with Gasteiger partial charge in [0.25, 0.3) is 5.91 Å². The molecule has 0 aliphatic carbocycles. The molecule has 0 aromatic heterocycles. The fourth-order valence-corrected chi connectivity index (χ4v) is 2.43. The van der Waals surface area contributed by atoms with Gasteiger partial charge < -0.3 is 10.6 Å². The Hall–Kier alpha value is -2.13. The van der Waals surface area contributed by atoms with Crippen LogP contribution in [0.4, 0.5) is 0 Å². The molecule has 3 heteroatoms. The first kappa shape index (κ1) is 15.3. The van der Waals surface area contributed by atoms with Crippen LogP contribution < -0.4 is 5.73 Å². The van der Waals surface area contributed by atoms with E-state index >= 15 is 0 Å². The third-order valence-corrected chi connectivity index (χ3v) is 3.48. The van der Waals surface area contributed by atoms with Gasteiger partial charge in [-0.2, -0.15) is 0 Å². The maximum absolute atomic E-state index is 12.4. The van der Waals surface area contributed by atoms with Gasteiger partial charge in [-0.05, 0) is 36.6 Å². The standard InChI is InChI=1S/C18H22N2O/c1-18(2,19)16-12-8-7-10-14(16)13-9-5-6-11-15(13)17(21)20(3)4/h5-12H,19H2,1-4H3. The predicted molar refractivity (Wildman–Crippen MR) is 87.1 cm³/mol. The summed E-state index contributed by atoms with van der Waals surface area (Å²) in [6.45, 7) is 3.95. The second-order valence-electron chi connectivity index (χ2n) is 6.01. The van der Waals surface area contributed by atoms with Crippen LogP contribution in [0.3, 0.4) is 0 Å². The number of amides is 1. The average molecular weight is 282 g/mol. The largest absolute Gasteiger partial charge is 0.345 e. The Morgan fingerprint density at radius 2 is 1.48 bits per heavy atom.